The molecule has 1 rings (SSSR count). The first-order valence-electron chi connectivity index (χ1n) is 3.89. The zero-order chi connectivity index (χ0) is 9.30. The molecule has 1 fully saturated rings. The summed E-state index contributed by atoms with van der Waals surface area (Å²) in [5.41, 5.74) is 0.499. The Balaban J connectivity index is 2.71. The van der Waals surface area contributed by atoms with Crippen molar-refractivity contribution in [3.63, 3.8) is 0 Å². The van der Waals surface area contributed by atoms with Crippen LogP contribution in [0.15, 0.2) is 0 Å². The maximum Gasteiger partial charge on any atom is 0.324 e. The normalized spacial score (nSPS) is 35.2. The summed E-state index contributed by atoms with van der Waals surface area (Å²) < 4.78 is 4.60. The van der Waals surface area contributed by atoms with Gasteiger partial charge in [0.2, 0.25) is 0 Å². The maximum absolute atomic E-state index is 11.1. The molecular weight excluding hydrogens is 174 g/mol. The Morgan fingerprint density at radius 3 is 2.50 bits per heavy atom. The van der Waals surface area contributed by atoms with Gasteiger partial charge in [0.15, 0.2) is 0 Å². The van der Waals surface area contributed by atoms with Crippen molar-refractivity contribution in [1.82, 2.24) is 0 Å². The zero-order valence-electron chi connectivity index (χ0n) is 7.46. The Labute approximate surface area is 76.4 Å². The smallest absolute Gasteiger partial charge is 0.324 e. The largest absolute Gasteiger partial charge is 0.468 e. The van der Waals surface area contributed by atoms with Crippen LogP contribution in [0, 0.1) is 11.3 Å². The number of rotatable bonds is 1. The lowest BCUT2D eigenvalue weighted by molar-refractivity contribution is -0.138. The standard InChI is InChI=1S/C8H13NO2S/c1-4-5(2)12-7(6(4)9)8(10)11-3/h4-5,7,9H,1-3H3. The first-order valence-corrected chi connectivity index (χ1v) is 4.83. The van der Waals surface area contributed by atoms with Gasteiger partial charge in [0.05, 0.1) is 7.11 Å². The molecule has 0 aromatic rings. The molecule has 3 nitrogen and oxygen atoms in total. The van der Waals surface area contributed by atoms with Crippen LogP contribution in [0.3, 0.4) is 0 Å². The molecule has 1 aliphatic heterocycles. The van der Waals surface area contributed by atoms with Gasteiger partial charge in [0, 0.05) is 16.9 Å². The van der Waals surface area contributed by atoms with Crippen molar-refractivity contribution in [2.45, 2.75) is 24.3 Å². The Hall–Kier alpha value is -0.510. The molecule has 0 bridgehead atoms. The first-order chi connectivity index (χ1) is 5.57. The van der Waals surface area contributed by atoms with E-state index in [2.05, 4.69) is 4.74 Å². The highest BCUT2D eigenvalue weighted by atomic mass is 32.2. The minimum Gasteiger partial charge on any atom is -0.468 e. The molecule has 0 aliphatic carbocycles. The monoisotopic (exact) mass is 187 g/mol. The van der Waals surface area contributed by atoms with E-state index in [1.807, 2.05) is 13.8 Å². The molecule has 0 aromatic heterocycles. The van der Waals surface area contributed by atoms with Crippen molar-refractivity contribution >= 4 is 23.4 Å². The summed E-state index contributed by atoms with van der Waals surface area (Å²) in [6.45, 7) is 4.01. The average Bonchev–Trinajstić information content (AvgIpc) is 2.32. The van der Waals surface area contributed by atoms with Gasteiger partial charge in [0.25, 0.3) is 0 Å². The zero-order valence-corrected chi connectivity index (χ0v) is 8.27. The number of hydrogen-bond acceptors (Lipinski definition) is 4. The van der Waals surface area contributed by atoms with E-state index in [4.69, 9.17) is 5.41 Å². The second kappa shape index (κ2) is 3.47. The molecule has 0 spiro atoms. The third kappa shape index (κ3) is 1.48. The van der Waals surface area contributed by atoms with E-state index in [-0.39, 0.29) is 17.1 Å². The Morgan fingerprint density at radius 2 is 2.17 bits per heavy atom. The number of methoxy groups -OCH3 is 1. The van der Waals surface area contributed by atoms with Crippen LogP contribution in [0.25, 0.3) is 0 Å². The van der Waals surface area contributed by atoms with Crippen LogP contribution in [-0.4, -0.2) is 29.3 Å². The number of thioether (sulfide) groups is 1. The molecule has 4 heteroatoms. The second-order valence-electron chi connectivity index (χ2n) is 2.99. The van der Waals surface area contributed by atoms with Gasteiger partial charge < -0.3 is 10.1 Å². The summed E-state index contributed by atoms with van der Waals surface area (Å²) in [6.07, 6.45) is 0. The molecule has 12 heavy (non-hydrogen) atoms. The van der Waals surface area contributed by atoms with Gasteiger partial charge in [0.1, 0.15) is 5.25 Å². The highest BCUT2D eigenvalue weighted by molar-refractivity contribution is 8.02. The Kier molecular flexibility index (Phi) is 2.77. The fourth-order valence-electron chi connectivity index (χ4n) is 1.19. The molecular formula is C8H13NO2S. The quantitative estimate of drug-likeness (QED) is 0.630. The van der Waals surface area contributed by atoms with Crippen LogP contribution in [0.2, 0.25) is 0 Å². The van der Waals surface area contributed by atoms with E-state index < -0.39 is 0 Å². The number of esters is 1. The van der Waals surface area contributed by atoms with E-state index in [1.54, 1.807) is 0 Å². The van der Waals surface area contributed by atoms with Crippen LogP contribution < -0.4 is 0 Å². The van der Waals surface area contributed by atoms with Gasteiger partial charge in [-0.2, -0.15) is 0 Å². The van der Waals surface area contributed by atoms with E-state index in [9.17, 15) is 4.79 Å². The molecule has 68 valence electrons. The van der Waals surface area contributed by atoms with E-state index in [0.717, 1.165) is 0 Å². The predicted octanol–water partition coefficient (Wildman–Crippen LogP) is 1.32. The molecule has 3 unspecified atom stereocenters. The van der Waals surface area contributed by atoms with Crippen molar-refractivity contribution in [2.24, 2.45) is 5.92 Å². The molecule has 0 saturated carbocycles. The molecule has 0 radical (unpaired) electrons. The minimum absolute atomic E-state index is 0.194. The lowest BCUT2D eigenvalue weighted by Crippen LogP contribution is -2.26. The molecule has 0 aromatic carbocycles. The van der Waals surface area contributed by atoms with Gasteiger partial charge in [-0.15, -0.1) is 11.8 Å². The third-order valence-corrected chi connectivity index (χ3v) is 3.80. The summed E-state index contributed by atoms with van der Waals surface area (Å²) >= 11 is 1.52. The lowest BCUT2D eigenvalue weighted by Gasteiger charge is -2.06. The van der Waals surface area contributed by atoms with Crippen LogP contribution in [0.1, 0.15) is 13.8 Å². The Bertz CT molecular complexity index is 217. The number of ether oxygens (including phenoxy) is 1. The van der Waals surface area contributed by atoms with Gasteiger partial charge >= 0.3 is 5.97 Å². The van der Waals surface area contributed by atoms with Crippen molar-refractivity contribution in [3.05, 3.63) is 0 Å². The number of carbonyl (C=O) groups is 1. The van der Waals surface area contributed by atoms with Crippen LogP contribution in [0.4, 0.5) is 0 Å². The van der Waals surface area contributed by atoms with Crippen molar-refractivity contribution < 1.29 is 9.53 Å². The van der Waals surface area contributed by atoms with E-state index in [0.29, 0.717) is 11.0 Å². The Morgan fingerprint density at radius 1 is 1.58 bits per heavy atom. The summed E-state index contributed by atoms with van der Waals surface area (Å²) in [5.74, 6) is -0.0969. The van der Waals surface area contributed by atoms with Gasteiger partial charge in [-0.25, -0.2) is 0 Å². The van der Waals surface area contributed by atoms with Crippen LogP contribution >= 0.6 is 11.8 Å². The van der Waals surface area contributed by atoms with Crippen molar-refractivity contribution in [2.75, 3.05) is 7.11 Å². The molecule has 1 heterocycles. The first kappa shape index (κ1) is 9.58. The summed E-state index contributed by atoms with van der Waals surface area (Å²) in [4.78, 5) is 11.1. The number of nitrogens with one attached hydrogen (secondary N) is 1. The minimum atomic E-state index is -0.361. The van der Waals surface area contributed by atoms with Gasteiger partial charge in [-0.1, -0.05) is 13.8 Å². The SMILES string of the molecule is COC(=O)C1SC(C)C(C)C1=N. The number of carbonyl (C=O) groups excluding carboxylic acids is 1. The van der Waals surface area contributed by atoms with Crippen molar-refractivity contribution in [3.8, 4) is 0 Å². The summed E-state index contributed by atoms with van der Waals surface area (Å²) in [7, 11) is 1.36. The summed E-state index contributed by atoms with van der Waals surface area (Å²) in [6, 6.07) is 0. The number of hydrogen-bond donors (Lipinski definition) is 1. The molecule has 1 aliphatic rings. The van der Waals surface area contributed by atoms with Crippen LogP contribution in [0.5, 0.6) is 0 Å². The van der Waals surface area contributed by atoms with E-state index >= 15 is 0 Å². The van der Waals surface area contributed by atoms with Crippen molar-refractivity contribution in [1.29, 1.82) is 5.41 Å². The van der Waals surface area contributed by atoms with Crippen LogP contribution in [-0.2, 0) is 9.53 Å². The second-order valence-corrected chi connectivity index (χ2v) is 4.48. The van der Waals surface area contributed by atoms with Gasteiger partial charge in [-0.3, -0.25) is 4.79 Å². The topological polar surface area (TPSA) is 50.2 Å². The summed E-state index contributed by atoms with van der Waals surface area (Å²) in [5, 5.41) is 7.64. The fraction of sp³-hybridized carbons (Fsp3) is 0.750. The average molecular weight is 187 g/mol. The fourth-order valence-corrected chi connectivity index (χ4v) is 2.57. The molecule has 1 saturated heterocycles. The predicted molar refractivity (Wildman–Crippen MR) is 49.7 cm³/mol. The third-order valence-electron chi connectivity index (χ3n) is 2.24. The van der Waals surface area contributed by atoms with E-state index in [1.165, 1.54) is 18.9 Å². The highest BCUT2D eigenvalue weighted by Gasteiger charge is 2.39. The highest BCUT2D eigenvalue weighted by Crippen LogP contribution is 2.35. The molecule has 0 amide bonds. The van der Waals surface area contributed by atoms with Gasteiger partial charge in [-0.05, 0) is 0 Å². The lowest BCUT2D eigenvalue weighted by atomic mass is 10.0. The molecule has 3 atom stereocenters. The molecule has 1 N–H and O–H groups in total. The maximum atomic E-state index is 11.1.